The van der Waals surface area contributed by atoms with E-state index in [-0.39, 0.29) is 10.5 Å². The molecule has 0 radical (unpaired) electrons. The minimum Gasteiger partial charge on any atom is -0.478 e. The minimum atomic E-state index is -3.25. The Labute approximate surface area is 248 Å². The Balaban J connectivity index is 1.43. The van der Waals surface area contributed by atoms with Crippen LogP contribution in [0, 0.1) is 0 Å². The van der Waals surface area contributed by atoms with E-state index in [1.165, 1.54) is 6.26 Å². The van der Waals surface area contributed by atoms with E-state index in [0.29, 0.717) is 28.1 Å². The summed E-state index contributed by atoms with van der Waals surface area (Å²) in [4.78, 5) is 16.4. The number of hydrogen-bond donors (Lipinski definition) is 1. The molecule has 0 amide bonds. The van der Waals surface area contributed by atoms with Crippen LogP contribution < -0.4 is 0 Å². The van der Waals surface area contributed by atoms with Crippen LogP contribution in [0.2, 0.25) is 10.0 Å². The van der Waals surface area contributed by atoms with Crippen molar-refractivity contribution in [2.45, 2.75) is 11.4 Å². The number of aromatic carboxylic acids is 1. The van der Waals surface area contributed by atoms with Crippen LogP contribution >= 0.6 is 23.2 Å². The maximum Gasteiger partial charge on any atom is 0.335 e. The lowest BCUT2D eigenvalue weighted by Gasteiger charge is -2.06. The molecule has 206 valence electrons. The van der Waals surface area contributed by atoms with Crippen LogP contribution in [0.1, 0.15) is 27.3 Å². The predicted molar refractivity (Wildman–Crippen MR) is 164 cm³/mol. The van der Waals surface area contributed by atoms with Gasteiger partial charge in [-0.1, -0.05) is 77.8 Å². The molecule has 0 aliphatic heterocycles. The van der Waals surface area contributed by atoms with E-state index in [1.54, 1.807) is 60.7 Å². The second-order valence-electron chi connectivity index (χ2n) is 9.49. The number of carboxylic acids is 1. The molecule has 1 N–H and O–H groups in total. The number of carbonyl (C=O) groups is 1. The molecule has 0 spiro atoms. The summed E-state index contributed by atoms with van der Waals surface area (Å²) in [5.41, 5.74) is 5.41. The highest BCUT2D eigenvalue weighted by atomic mass is 35.5. The van der Waals surface area contributed by atoms with Crippen LogP contribution in [0.15, 0.2) is 102 Å². The van der Waals surface area contributed by atoms with E-state index >= 15 is 0 Å². The molecule has 0 saturated heterocycles. The van der Waals surface area contributed by atoms with E-state index < -0.39 is 15.8 Å². The Morgan fingerprint density at radius 3 is 2.10 bits per heavy atom. The molecular formula is C32H24Cl2N2O4S. The van der Waals surface area contributed by atoms with Crippen molar-refractivity contribution >= 4 is 51.2 Å². The monoisotopic (exact) mass is 602 g/mol. The fourth-order valence-corrected chi connectivity index (χ4v) is 5.45. The fraction of sp³-hybridized carbons (Fsp3) is 0.0625. The summed E-state index contributed by atoms with van der Waals surface area (Å²) in [6.07, 6.45) is 6.96. The first kappa shape index (κ1) is 28.4. The first-order valence-electron chi connectivity index (χ1n) is 12.5. The zero-order valence-electron chi connectivity index (χ0n) is 21.8. The smallest absolute Gasteiger partial charge is 0.335 e. The summed E-state index contributed by atoms with van der Waals surface area (Å²) in [6, 6.07) is 26.7. The van der Waals surface area contributed by atoms with Gasteiger partial charge in [-0.3, -0.25) is 0 Å². The fourth-order valence-electron chi connectivity index (χ4n) is 4.32. The molecule has 5 rings (SSSR count). The van der Waals surface area contributed by atoms with Gasteiger partial charge >= 0.3 is 5.97 Å². The van der Waals surface area contributed by atoms with Crippen molar-refractivity contribution < 1.29 is 18.3 Å². The first-order chi connectivity index (χ1) is 19.6. The zero-order chi connectivity index (χ0) is 29.1. The highest BCUT2D eigenvalue weighted by Gasteiger charge is 2.13. The van der Waals surface area contributed by atoms with E-state index in [9.17, 15) is 18.3 Å². The summed E-state index contributed by atoms with van der Waals surface area (Å²) < 4.78 is 25.5. The van der Waals surface area contributed by atoms with Gasteiger partial charge < -0.3 is 9.67 Å². The molecule has 0 atom stereocenters. The van der Waals surface area contributed by atoms with E-state index in [4.69, 9.17) is 28.2 Å². The zero-order valence-corrected chi connectivity index (χ0v) is 24.2. The van der Waals surface area contributed by atoms with Gasteiger partial charge in [0.2, 0.25) is 0 Å². The molecule has 9 heteroatoms. The number of rotatable bonds is 8. The van der Waals surface area contributed by atoms with E-state index in [2.05, 4.69) is 0 Å². The molecule has 0 saturated carbocycles. The normalized spacial score (nSPS) is 11.7. The second kappa shape index (κ2) is 11.7. The average Bonchev–Trinajstić information content (AvgIpc) is 3.34. The summed E-state index contributed by atoms with van der Waals surface area (Å²) in [5.74, 6) is -0.284. The van der Waals surface area contributed by atoms with Gasteiger partial charge in [-0.15, -0.1) is 0 Å². The molecular weight excluding hydrogens is 579 g/mol. The van der Waals surface area contributed by atoms with Crippen LogP contribution in [0.4, 0.5) is 0 Å². The summed E-state index contributed by atoms with van der Waals surface area (Å²) in [7, 11) is -3.25. The lowest BCUT2D eigenvalue weighted by Crippen LogP contribution is -2.02. The Bertz CT molecular complexity index is 1860. The predicted octanol–water partition coefficient (Wildman–Crippen LogP) is 7.84. The van der Waals surface area contributed by atoms with Crippen LogP contribution in [0.3, 0.4) is 0 Å². The third-order valence-corrected chi connectivity index (χ3v) is 8.20. The van der Waals surface area contributed by atoms with Crippen molar-refractivity contribution in [3.63, 3.8) is 0 Å². The van der Waals surface area contributed by atoms with Gasteiger partial charge in [0.05, 0.1) is 21.2 Å². The third kappa shape index (κ3) is 6.77. The lowest BCUT2D eigenvalue weighted by atomic mass is 10.0. The Kier molecular flexibility index (Phi) is 8.13. The number of halogens is 2. The van der Waals surface area contributed by atoms with Gasteiger partial charge in [-0.2, -0.15) is 0 Å². The third-order valence-electron chi connectivity index (χ3n) is 6.52. The number of carboxylic acid groups (broad SMARTS) is 1. The number of nitrogens with zero attached hydrogens (tertiary/aromatic N) is 2. The topological polar surface area (TPSA) is 89.3 Å². The standard InChI is InChI=1S/C32H24Cl2N2O4S/c1-41(39,40)27-14-11-24(12-15-27)23-7-2-21(3-8-23)6-17-31-35-30(28-16-13-26(33)18-29(28)34)20-36(31)19-22-4-9-25(10-5-22)32(37)38/h2-18,20H,19H2,1H3,(H,37,38). The maximum absolute atomic E-state index is 11.7. The quantitative estimate of drug-likeness (QED) is 0.195. The number of imidazole rings is 1. The van der Waals surface area contributed by atoms with Crippen LogP contribution in [-0.2, 0) is 16.4 Å². The van der Waals surface area contributed by atoms with Gasteiger partial charge in [0.1, 0.15) is 5.82 Å². The molecule has 4 aromatic carbocycles. The van der Waals surface area contributed by atoms with Crippen molar-refractivity contribution in [3.8, 4) is 22.4 Å². The first-order valence-corrected chi connectivity index (χ1v) is 15.1. The summed E-state index contributed by atoms with van der Waals surface area (Å²) in [6.45, 7) is 0.472. The van der Waals surface area contributed by atoms with Crippen molar-refractivity contribution in [1.29, 1.82) is 0 Å². The highest BCUT2D eigenvalue weighted by molar-refractivity contribution is 7.90. The Morgan fingerprint density at radius 2 is 1.51 bits per heavy atom. The number of hydrogen-bond acceptors (Lipinski definition) is 4. The van der Waals surface area contributed by atoms with Crippen LogP contribution in [0.5, 0.6) is 0 Å². The minimum absolute atomic E-state index is 0.225. The molecule has 1 heterocycles. The largest absolute Gasteiger partial charge is 0.478 e. The van der Waals surface area contributed by atoms with E-state index in [0.717, 1.165) is 27.8 Å². The molecule has 0 aliphatic carbocycles. The summed E-state index contributed by atoms with van der Waals surface area (Å²) in [5, 5.41) is 10.2. The lowest BCUT2D eigenvalue weighted by molar-refractivity contribution is 0.0697. The van der Waals surface area contributed by atoms with Crippen molar-refractivity contribution in [2.75, 3.05) is 6.26 Å². The van der Waals surface area contributed by atoms with Gasteiger partial charge in [-0.25, -0.2) is 18.2 Å². The molecule has 41 heavy (non-hydrogen) atoms. The molecule has 1 aromatic heterocycles. The number of benzene rings is 4. The Morgan fingerprint density at radius 1 is 0.878 bits per heavy atom. The average molecular weight is 604 g/mol. The molecule has 5 aromatic rings. The van der Waals surface area contributed by atoms with Crippen LogP contribution in [0.25, 0.3) is 34.5 Å². The molecule has 0 aliphatic rings. The Hall–Kier alpha value is -4.17. The summed E-state index contributed by atoms with van der Waals surface area (Å²) >= 11 is 12.6. The van der Waals surface area contributed by atoms with Crippen molar-refractivity contribution in [1.82, 2.24) is 9.55 Å². The van der Waals surface area contributed by atoms with E-state index in [1.807, 2.05) is 53.2 Å². The number of sulfone groups is 1. The number of aromatic nitrogens is 2. The molecule has 0 unspecified atom stereocenters. The van der Waals surface area contributed by atoms with Gasteiger partial charge in [-0.05, 0) is 70.8 Å². The van der Waals surface area contributed by atoms with Gasteiger partial charge in [0, 0.05) is 29.6 Å². The van der Waals surface area contributed by atoms with Gasteiger partial charge in [0.15, 0.2) is 9.84 Å². The molecule has 0 fully saturated rings. The SMILES string of the molecule is CS(=O)(=O)c1ccc(-c2ccc(C=Cc3nc(-c4ccc(Cl)cc4Cl)cn3Cc3ccc(C(=O)O)cc3)cc2)cc1. The molecule has 0 bridgehead atoms. The van der Waals surface area contributed by atoms with Crippen LogP contribution in [-0.4, -0.2) is 35.3 Å². The maximum atomic E-state index is 11.7. The van der Waals surface area contributed by atoms with Crippen molar-refractivity contribution in [2.24, 2.45) is 0 Å². The van der Waals surface area contributed by atoms with Crippen molar-refractivity contribution in [3.05, 3.63) is 130 Å². The second-order valence-corrected chi connectivity index (χ2v) is 12.3. The van der Waals surface area contributed by atoms with Gasteiger partial charge in [0.25, 0.3) is 0 Å². The highest BCUT2D eigenvalue weighted by Crippen LogP contribution is 2.30. The molecule has 6 nitrogen and oxygen atoms in total.